The van der Waals surface area contributed by atoms with Gasteiger partial charge in [0.1, 0.15) is 0 Å². The van der Waals surface area contributed by atoms with E-state index in [0.29, 0.717) is 6.54 Å². The zero-order valence-corrected chi connectivity index (χ0v) is 14.4. The summed E-state index contributed by atoms with van der Waals surface area (Å²) in [6, 6.07) is -0.0640. The largest absolute Gasteiger partial charge is 0.355 e. The first-order valence-electron chi connectivity index (χ1n) is 8.23. The Morgan fingerprint density at radius 1 is 1.23 bits per heavy atom. The first kappa shape index (κ1) is 17.7. The molecule has 2 aliphatic carbocycles. The second-order valence-electron chi connectivity index (χ2n) is 7.24. The summed E-state index contributed by atoms with van der Waals surface area (Å²) >= 11 is 0. The van der Waals surface area contributed by atoms with Crippen LogP contribution in [0.3, 0.4) is 0 Å². The molecule has 0 aromatic rings. The minimum Gasteiger partial charge on any atom is -0.355 e. The lowest BCUT2D eigenvalue weighted by atomic mass is 9.74. The quantitative estimate of drug-likeness (QED) is 0.691. The fourth-order valence-corrected chi connectivity index (χ4v) is 4.72. The van der Waals surface area contributed by atoms with Crippen molar-refractivity contribution in [3.8, 4) is 0 Å². The van der Waals surface area contributed by atoms with Crippen molar-refractivity contribution in [1.29, 1.82) is 0 Å². The summed E-state index contributed by atoms with van der Waals surface area (Å²) in [5, 5.41) is 3.01. The van der Waals surface area contributed by atoms with Crippen LogP contribution in [0.5, 0.6) is 0 Å². The van der Waals surface area contributed by atoms with E-state index in [-0.39, 0.29) is 23.8 Å². The highest BCUT2D eigenvalue weighted by molar-refractivity contribution is 7.88. The third kappa shape index (κ3) is 4.67. The zero-order chi connectivity index (χ0) is 16.4. The molecule has 4 N–H and O–H groups in total. The molecule has 128 valence electrons. The molecule has 0 bridgehead atoms. The third-order valence-electron chi connectivity index (χ3n) is 5.13. The Morgan fingerprint density at radius 3 is 2.59 bits per heavy atom. The van der Waals surface area contributed by atoms with E-state index in [4.69, 9.17) is 5.73 Å². The predicted molar refractivity (Wildman–Crippen MR) is 86.7 cm³/mol. The lowest BCUT2D eigenvalue weighted by Crippen LogP contribution is -2.53. The number of rotatable bonds is 5. The van der Waals surface area contributed by atoms with E-state index in [2.05, 4.69) is 10.0 Å². The SMILES string of the molecule is CC1(N)CCCCC1C(=O)NCC1CCCC1NS(C)(=O)=O. The summed E-state index contributed by atoms with van der Waals surface area (Å²) in [6.45, 7) is 2.48. The average molecular weight is 331 g/mol. The number of hydrogen-bond acceptors (Lipinski definition) is 4. The number of carbonyl (C=O) groups is 1. The van der Waals surface area contributed by atoms with Crippen molar-refractivity contribution in [2.75, 3.05) is 12.8 Å². The van der Waals surface area contributed by atoms with Crippen molar-refractivity contribution in [2.45, 2.75) is 63.5 Å². The fourth-order valence-electron chi connectivity index (χ4n) is 3.86. The number of nitrogens with one attached hydrogen (secondary N) is 2. The maximum Gasteiger partial charge on any atom is 0.224 e. The molecule has 0 heterocycles. The summed E-state index contributed by atoms with van der Waals surface area (Å²) in [6.07, 6.45) is 7.81. The monoisotopic (exact) mass is 331 g/mol. The van der Waals surface area contributed by atoms with Crippen LogP contribution in [-0.4, -0.2) is 38.7 Å². The molecular formula is C15H29N3O3S. The molecule has 0 aromatic carbocycles. The van der Waals surface area contributed by atoms with E-state index in [1.165, 1.54) is 6.26 Å². The second kappa shape index (κ2) is 6.84. The molecule has 2 saturated carbocycles. The molecule has 2 fully saturated rings. The smallest absolute Gasteiger partial charge is 0.224 e. The number of carbonyl (C=O) groups excluding carboxylic acids is 1. The van der Waals surface area contributed by atoms with Gasteiger partial charge in [0, 0.05) is 18.1 Å². The lowest BCUT2D eigenvalue weighted by molar-refractivity contribution is -0.128. The molecule has 7 heteroatoms. The Kier molecular flexibility index (Phi) is 5.50. The fraction of sp³-hybridized carbons (Fsp3) is 0.933. The van der Waals surface area contributed by atoms with Crippen LogP contribution in [-0.2, 0) is 14.8 Å². The van der Waals surface area contributed by atoms with Crippen LogP contribution >= 0.6 is 0 Å². The molecule has 0 saturated heterocycles. The summed E-state index contributed by atoms with van der Waals surface area (Å²) in [5.41, 5.74) is 5.84. The molecular weight excluding hydrogens is 302 g/mol. The van der Waals surface area contributed by atoms with Crippen LogP contribution in [0.1, 0.15) is 51.9 Å². The summed E-state index contributed by atoms with van der Waals surface area (Å²) in [7, 11) is -3.20. The second-order valence-corrected chi connectivity index (χ2v) is 9.02. The van der Waals surface area contributed by atoms with Crippen molar-refractivity contribution in [3.05, 3.63) is 0 Å². The van der Waals surface area contributed by atoms with Crippen molar-refractivity contribution >= 4 is 15.9 Å². The van der Waals surface area contributed by atoms with Gasteiger partial charge < -0.3 is 11.1 Å². The zero-order valence-electron chi connectivity index (χ0n) is 13.6. The minimum atomic E-state index is -3.20. The van der Waals surface area contributed by atoms with Gasteiger partial charge >= 0.3 is 0 Å². The Labute approximate surface area is 133 Å². The summed E-state index contributed by atoms with van der Waals surface area (Å²) < 4.78 is 25.5. The van der Waals surface area contributed by atoms with E-state index < -0.39 is 15.6 Å². The Bertz CT molecular complexity index is 504. The van der Waals surface area contributed by atoms with Crippen LogP contribution in [0.2, 0.25) is 0 Å². The van der Waals surface area contributed by atoms with Crippen molar-refractivity contribution < 1.29 is 13.2 Å². The minimum absolute atomic E-state index is 0.0229. The maximum atomic E-state index is 12.4. The molecule has 0 spiro atoms. The van der Waals surface area contributed by atoms with Crippen LogP contribution in [0, 0.1) is 11.8 Å². The van der Waals surface area contributed by atoms with Gasteiger partial charge in [-0.15, -0.1) is 0 Å². The third-order valence-corrected chi connectivity index (χ3v) is 5.86. The first-order valence-corrected chi connectivity index (χ1v) is 10.1. The molecule has 6 nitrogen and oxygen atoms in total. The van der Waals surface area contributed by atoms with Gasteiger partial charge in [0.15, 0.2) is 0 Å². The van der Waals surface area contributed by atoms with Crippen molar-refractivity contribution in [1.82, 2.24) is 10.0 Å². The van der Waals surface area contributed by atoms with Gasteiger partial charge in [0.05, 0.1) is 12.2 Å². The molecule has 1 amide bonds. The van der Waals surface area contributed by atoms with E-state index in [1.54, 1.807) is 0 Å². The Hall–Kier alpha value is -0.660. The highest BCUT2D eigenvalue weighted by Crippen LogP contribution is 2.32. The highest BCUT2D eigenvalue weighted by atomic mass is 32.2. The van der Waals surface area contributed by atoms with Gasteiger partial charge in [-0.2, -0.15) is 0 Å². The van der Waals surface area contributed by atoms with E-state index in [0.717, 1.165) is 44.9 Å². The van der Waals surface area contributed by atoms with Crippen molar-refractivity contribution in [3.63, 3.8) is 0 Å². The molecule has 4 unspecified atom stereocenters. The van der Waals surface area contributed by atoms with E-state index in [1.807, 2.05) is 6.92 Å². The molecule has 2 rings (SSSR count). The van der Waals surface area contributed by atoms with Gasteiger partial charge in [0.25, 0.3) is 0 Å². The van der Waals surface area contributed by atoms with Gasteiger partial charge in [0.2, 0.25) is 15.9 Å². The van der Waals surface area contributed by atoms with Crippen LogP contribution in [0.25, 0.3) is 0 Å². The normalized spacial score (nSPS) is 36.2. The Balaban J connectivity index is 1.87. The standard InChI is InChI=1S/C15H29N3O3S/c1-15(16)9-4-3-7-12(15)14(19)17-10-11-6-5-8-13(11)18-22(2,20)21/h11-13,18H,3-10,16H2,1-2H3,(H,17,19). The summed E-state index contributed by atoms with van der Waals surface area (Å²) in [5.74, 6) is 0.0602. The van der Waals surface area contributed by atoms with Crippen LogP contribution < -0.4 is 15.8 Å². The first-order chi connectivity index (χ1) is 10.2. The molecule has 4 atom stereocenters. The maximum absolute atomic E-state index is 12.4. The van der Waals surface area contributed by atoms with Gasteiger partial charge in [-0.05, 0) is 38.5 Å². The van der Waals surface area contributed by atoms with Crippen LogP contribution in [0.4, 0.5) is 0 Å². The average Bonchev–Trinajstić information content (AvgIpc) is 2.80. The number of nitrogens with two attached hydrogens (primary N) is 1. The molecule has 0 aliphatic heterocycles. The summed E-state index contributed by atoms with van der Waals surface area (Å²) in [4.78, 5) is 12.4. The molecule has 0 aromatic heterocycles. The molecule has 22 heavy (non-hydrogen) atoms. The topological polar surface area (TPSA) is 101 Å². The van der Waals surface area contributed by atoms with Crippen molar-refractivity contribution in [2.24, 2.45) is 17.6 Å². The predicted octanol–water partition coefficient (Wildman–Crippen LogP) is 0.728. The molecule has 2 aliphatic rings. The Morgan fingerprint density at radius 2 is 1.95 bits per heavy atom. The highest BCUT2D eigenvalue weighted by Gasteiger charge is 2.38. The number of sulfonamides is 1. The molecule has 0 radical (unpaired) electrons. The number of hydrogen-bond donors (Lipinski definition) is 3. The van der Waals surface area contributed by atoms with Gasteiger partial charge in [-0.3, -0.25) is 4.79 Å². The van der Waals surface area contributed by atoms with E-state index in [9.17, 15) is 13.2 Å². The number of amides is 1. The van der Waals surface area contributed by atoms with Crippen LogP contribution in [0.15, 0.2) is 0 Å². The van der Waals surface area contributed by atoms with Gasteiger partial charge in [-0.25, -0.2) is 13.1 Å². The van der Waals surface area contributed by atoms with E-state index >= 15 is 0 Å². The van der Waals surface area contributed by atoms with Gasteiger partial charge in [-0.1, -0.05) is 19.3 Å². The lowest BCUT2D eigenvalue weighted by Gasteiger charge is -2.37.